The van der Waals surface area contributed by atoms with E-state index in [1.54, 1.807) is 23.6 Å². The quantitative estimate of drug-likeness (QED) is 0.549. The van der Waals surface area contributed by atoms with E-state index in [2.05, 4.69) is 10.0 Å². The number of para-hydroxylation sites is 1. The molecule has 0 spiro atoms. The van der Waals surface area contributed by atoms with Gasteiger partial charge in [0.05, 0.1) is 6.54 Å². The molecule has 0 aliphatic heterocycles. The van der Waals surface area contributed by atoms with Crippen LogP contribution in [0.25, 0.3) is 21.9 Å². The molecular formula is C18H14N2O4S2. The van der Waals surface area contributed by atoms with Crippen LogP contribution in [0.1, 0.15) is 0 Å². The van der Waals surface area contributed by atoms with E-state index >= 15 is 0 Å². The summed E-state index contributed by atoms with van der Waals surface area (Å²) in [7, 11) is -3.67. The van der Waals surface area contributed by atoms with Crippen LogP contribution in [0.5, 0.6) is 0 Å². The molecule has 1 amide bonds. The van der Waals surface area contributed by atoms with Crippen LogP contribution in [0.15, 0.2) is 68.6 Å². The number of nitrogens with one attached hydrogen (secondary N) is 2. The molecule has 6 nitrogen and oxygen atoms in total. The van der Waals surface area contributed by atoms with Crippen molar-refractivity contribution >= 4 is 54.9 Å². The smallest absolute Gasteiger partial charge is 0.250 e. The first-order chi connectivity index (χ1) is 12.5. The molecule has 2 aromatic carbocycles. The van der Waals surface area contributed by atoms with E-state index in [1.165, 1.54) is 6.07 Å². The van der Waals surface area contributed by atoms with Gasteiger partial charge in [-0.3, -0.25) is 4.79 Å². The number of anilines is 1. The van der Waals surface area contributed by atoms with Crippen molar-refractivity contribution < 1.29 is 17.6 Å². The minimum absolute atomic E-state index is 0.175. The molecule has 0 bridgehead atoms. The molecule has 2 heterocycles. The van der Waals surface area contributed by atoms with Crippen LogP contribution in [-0.2, 0) is 14.8 Å². The van der Waals surface area contributed by atoms with E-state index in [-0.39, 0.29) is 10.8 Å². The average molecular weight is 386 g/mol. The second kappa shape index (κ2) is 6.56. The zero-order valence-electron chi connectivity index (χ0n) is 13.4. The third-order valence-corrected chi connectivity index (χ3v) is 6.64. The van der Waals surface area contributed by atoms with E-state index in [0.717, 1.165) is 27.7 Å². The number of hydrogen-bond acceptors (Lipinski definition) is 5. The van der Waals surface area contributed by atoms with Crippen molar-refractivity contribution in [2.24, 2.45) is 0 Å². The third-order valence-electron chi connectivity index (χ3n) is 3.85. The standard InChI is InChI=1S/C18H14N2O4S2/c21-17(11-19-26(22,23)18-6-3-9-25-18)20-12-7-8-14-13-4-1-2-5-15(13)24-16(14)10-12/h1-10,19H,11H2,(H,20,21). The van der Waals surface area contributed by atoms with Gasteiger partial charge in [0.15, 0.2) is 0 Å². The lowest BCUT2D eigenvalue weighted by atomic mass is 10.1. The third kappa shape index (κ3) is 3.22. The summed E-state index contributed by atoms with van der Waals surface area (Å²) in [4.78, 5) is 12.1. The van der Waals surface area contributed by atoms with Crippen molar-refractivity contribution in [3.05, 3.63) is 60.0 Å². The highest BCUT2D eigenvalue weighted by molar-refractivity contribution is 7.91. The monoisotopic (exact) mass is 386 g/mol. The molecule has 0 aliphatic carbocycles. The minimum atomic E-state index is -3.67. The number of fused-ring (bicyclic) bond motifs is 3. The Morgan fingerprint density at radius 3 is 2.62 bits per heavy atom. The van der Waals surface area contributed by atoms with Gasteiger partial charge < -0.3 is 9.73 Å². The fourth-order valence-corrected chi connectivity index (χ4v) is 4.68. The Morgan fingerprint density at radius 1 is 1.00 bits per heavy atom. The Balaban J connectivity index is 1.48. The molecule has 132 valence electrons. The van der Waals surface area contributed by atoms with E-state index in [9.17, 15) is 13.2 Å². The fraction of sp³-hybridized carbons (Fsp3) is 0.0556. The first kappa shape index (κ1) is 16.8. The maximum absolute atomic E-state index is 12.1. The molecule has 0 fully saturated rings. The number of amides is 1. The summed E-state index contributed by atoms with van der Waals surface area (Å²) < 4.78 is 32.3. The molecule has 4 rings (SSSR count). The Bertz CT molecular complexity index is 1190. The normalized spacial score (nSPS) is 11.8. The topological polar surface area (TPSA) is 88.4 Å². The summed E-state index contributed by atoms with van der Waals surface area (Å²) in [6.07, 6.45) is 0. The number of sulfonamides is 1. The van der Waals surface area contributed by atoms with Crippen molar-refractivity contribution in [1.29, 1.82) is 0 Å². The maximum atomic E-state index is 12.1. The minimum Gasteiger partial charge on any atom is -0.456 e. The zero-order valence-corrected chi connectivity index (χ0v) is 15.1. The van der Waals surface area contributed by atoms with Gasteiger partial charge in [-0.05, 0) is 29.6 Å². The number of rotatable bonds is 5. The van der Waals surface area contributed by atoms with Crippen LogP contribution >= 0.6 is 11.3 Å². The van der Waals surface area contributed by atoms with Crippen molar-refractivity contribution in [2.45, 2.75) is 4.21 Å². The average Bonchev–Trinajstić information content (AvgIpc) is 3.28. The first-order valence-electron chi connectivity index (χ1n) is 7.77. The maximum Gasteiger partial charge on any atom is 0.250 e. The summed E-state index contributed by atoms with van der Waals surface area (Å²) in [5.41, 5.74) is 1.97. The van der Waals surface area contributed by atoms with Crippen LogP contribution in [0, 0.1) is 0 Å². The van der Waals surface area contributed by atoms with Gasteiger partial charge in [-0.25, -0.2) is 13.1 Å². The number of carbonyl (C=O) groups is 1. The van der Waals surface area contributed by atoms with Crippen LogP contribution in [0.2, 0.25) is 0 Å². The highest BCUT2D eigenvalue weighted by atomic mass is 32.2. The summed E-state index contributed by atoms with van der Waals surface area (Å²) in [5, 5.41) is 6.30. The number of hydrogen-bond donors (Lipinski definition) is 2. The zero-order chi connectivity index (χ0) is 18.1. The van der Waals surface area contributed by atoms with E-state index < -0.39 is 15.9 Å². The SMILES string of the molecule is O=C(CNS(=O)(=O)c1cccs1)Nc1ccc2c(c1)oc1ccccc12. The predicted octanol–water partition coefficient (Wildman–Crippen LogP) is 3.56. The molecule has 0 radical (unpaired) electrons. The van der Waals surface area contributed by atoms with Gasteiger partial charge in [-0.2, -0.15) is 0 Å². The van der Waals surface area contributed by atoms with Gasteiger partial charge in [0.1, 0.15) is 15.4 Å². The molecule has 2 N–H and O–H groups in total. The Hall–Kier alpha value is -2.68. The first-order valence-corrected chi connectivity index (χ1v) is 10.1. The second-order valence-electron chi connectivity index (χ2n) is 5.61. The van der Waals surface area contributed by atoms with Gasteiger partial charge in [-0.1, -0.05) is 24.3 Å². The summed E-state index contributed by atoms with van der Waals surface area (Å²) >= 11 is 1.09. The second-order valence-corrected chi connectivity index (χ2v) is 8.56. The van der Waals surface area contributed by atoms with Crippen LogP contribution < -0.4 is 10.0 Å². The predicted molar refractivity (Wildman–Crippen MR) is 102 cm³/mol. The molecule has 2 aromatic heterocycles. The summed E-state index contributed by atoms with van der Waals surface area (Å²) in [6, 6.07) is 16.2. The number of carbonyl (C=O) groups excluding carboxylic acids is 1. The number of thiophene rings is 1. The number of benzene rings is 2. The van der Waals surface area contributed by atoms with Gasteiger partial charge in [0.2, 0.25) is 5.91 Å². The summed E-state index contributed by atoms with van der Waals surface area (Å²) in [5.74, 6) is -0.458. The Kier molecular flexibility index (Phi) is 4.23. The highest BCUT2D eigenvalue weighted by Crippen LogP contribution is 2.30. The lowest BCUT2D eigenvalue weighted by Crippen LogP contribution is -2.32. The van der Waals surface area contributed by atoms with Gasteiger partial charge in [0, 0.05) is 22.5 Å². The molecule has 0 saturated heterocycles. The molecule has 0 aliphatic rings. The van der Waals surface area contributed by atoms with Gasteiger partial charge in [0.25, 0.3) is 10.0 Å². The molecule has 26 heavy (non-hydrogen) atoms. The highest BCUT2D eigenvalue weighted by Gasteiger charge is 2.16. The van der Waals surface area contributed by atoms with E-state index in [4.69, 9.17) is 4.42 Å². The number of furan rings is 1. The van der Waals surface area contributed by atoms with E-state index in [0.29, 0.717) is 11.3 Å². The lowest BCUT2D eigenvalue weighted by Gasteiger charge is -2.06. The molecule has 0 unspecified atom stereocenters. The molecule has 0 saturated carbocycles. The van der Waals surface area contributed by atoms with Crippen molar-refractivity contribution in [3.8, 4) is 0 Å². The molecular weight excluding hydrogens is 372 g/mol. The van der Waals surface area contributed by atoms with E-state index in [1.807, 2.05) is 30.3 Å². The van der Waals surface area contributed by atoms with Crippen molar-refractivity contribution in [3.63, 3.8) is 0 Å². The van der Waals surface area contributed by atoms with Crippen LogP contribution in [-0.4, -0.2) is 20.9 Å². The molecule has 4 aromatic rings. The summed E-state index contributed by atoms with van der Waals surface area (Å²) in [6.45, 7) is -0.349. The van der Waals surface area contributed by atoms with Gasteiger partial charge >= 0.3 is 0 Å². The largest absolute Gasteiger partial charge is 0.456 e. The molecule has 0 atom stereocenters. The van der Waals surface area contributed by atoms with Crippen molar-refractivity contribution in [2.75, 3.05) is 11.9 Å². The Morgan fingerprint density at radius 2 is 1.81 bits per heavy atom. The van der Waals surface area contributed by atoms with Crippen molar-refractivity contribution in [1.82, 2.24) is 4.72 Å². The van der Waals surface area contributed by atoms with Gasteiger partial charge in [-0.15, -0.1) is 11.3 Å². The molecule has 8 heteroatoms. The fourth-order valence-electron chi connectivity index (χ4n) is 2.66. The van der Waals surface area contributed by atoms with Crippen LogP contribution in [0.3, 0.4) is 0 Å². The van der Waals surface area contributed by atoms with Crippen LogP contribution in [0.4, 0.5) is 5.69 Å². The Labute approximate surface area is 153 Å². The lowest BCUT2D eigenvalue weighted by molar-refractivity contribution is -0.115.